The average molecular weight is 584 g/mol. The lowest BCUT2D eigenvalue weighted by Crippen LogP contribution is -2.11. The number of fused-ring (bicyclic) bond motifs is 1. The molecule has 1 aromatic heterocycles. The lowest BCUT2D eigenvalue weighted by atomic mass is 10.1. The van der Waals surface area contributed by atoms with Crippen molar-refractivity contribution in [3.8, 4) is 23.1 Å². The third-order valence-electron chi connectivity index (χ3n) is 5.70. The number of esters is 4. The molecule has 0 spiro atoms. The van der Waals surface area contributed by atoms with Crippen molar-refractivity contribution in [3.63, 3.8) is 0 Å². The quantitative estimate of drug-likeness (QED) is 0.0952. The van der Waals surface area contributed by atoms with Gasteiger partial charge in [-0.05, 0) is 79.7 Å². The molecule has 218 valence electrons. The Morgan fingerprint density at radius 2 is 1.16 bits per heavy atom. The van der Waals surface area contributed by atoms with Gasteiger partial charge >= 0.3 is 23.9 Å². The molecule has 0 atom stereocenters. The summed E-state index contributed by atoms with van der Waals surface area (Å²) in [5, 5.41) is 0.666. The maximum absolute atomic E-state index is 12.7. The lowest BCUT2D eigenvalue weighted by molar-refractivity contribution is -0.145. The molecular formula is C32H25NO10. The summed E-state index contributed by atoms with van der Waals surface area (Å²) < 4.78 is 31.1. The molecular weight excluding hydrogens is 558 g/mol. The Labute approximate surface area is 245 Å². The van der Waals surface area contributed by atoms with Crippen LogP contribution in [0.1, 0.15) is 26.3 Å². The van der Waals surface area contributed by atoms with Crippen LogP contribution in [0.25, 0.3) is 10.9 Å². The lowest BCUT2D eigenvalue weighted by Gasteiger charge is -2.10. The van der Waals surface area contributed by atoms with Gasteiger partial charge in [-0.2, -0.15) is 0 Å². The van der Waals surface area contributed by atoms with E-state index in [1.807, 2.05) is 0 Å². The highest BCUT2D eigenvalue weighted by molar-refractivity contribution is 5.93. The van der Waals surface area contributed by atoms with Crippen LogP contribution in [0.5, 0.6) is 23.1 Å². The number of nitrogens with zero attached hydrogens (tertiary/aromatic N) is 1. The van der Waals surface area contributed by atoms with Crippen LogP contribution in [-0.2, 0) is 19.1 Å². The molecule has 0 unspecified atom stereocenters. The Hall–Kier alpha value is -5.97. The Bertz CT molecular complexity index is 1680. The zero-order valence-corrected chi connectivity index (χ0v) is 22.9. The number of carbonyl (C=O) groups excluding carboxylic acids is 4. The first kappa shape index (κ1) is 30.0. The SMILES string of the molecule is C=CC(=O)OCOc1ccc(C(=O)Oc2ccc3nc(OC(=O)c4ccc(OCOC(=O)C=C)cc4)c(C)cc3c2)cc1. The highest BCUT2D eigenvalue weighted by Gasteiger charge is 2.15. The van der Waals surface area contributed by atoms with E-state index in [-0.39, 0.29) is 30.6 Å². The summed E-state index contributed by atoms with van der Waals surface area (Å²) in [5.41, 5.74) is 1.64. The van der Waals surface area contributed by atoms with Crippen molar-refractivity contribution in [1.82, 2.24) is 4.98 Å². The second kappa shape index (κ2) is 14.1. The van der Waals surface area contributed by atoms with Gasteiger partial charge in [-0.25, -0.2) is 24.2 Å². The number of ether oxygens (including phenoxy) is 6. The number of hydrogen-bond donors (Lipinski definition) is 0. The highest BCUT2D eigenvalue weighted by atomic mass is 16.7. The fraction of sp³-hybridized carbons (Fsp3) is 0.0938. The van der Waals surface area contributed by atoms with E-state index in [9.17, 15) is 19.2 Å². The van der Waals surface area contributed by atoms with Crippen LogP contribution in [0.4, 0.5) is 0 Å². The van der Waals surface area contributed by atoms with Crippen LogP contribution in [0.2, 0.25) is 0 Å². The van der Waals surface area contributed by atoms with Crippen LogP contribution < -0.4 is 18.9 Å². The summed E-state index contributed by atoms with van der Waals surface area (Å²) in [4.78, 5) is 51.9. The maximum atomic E-state index is 12.7. The second-order valence-electron chi connectivity index (χ2n) is 8.65. The van der Waals surface area contributed by atoms with Gasteiger partial charge in [0.1, 0.15) is 17.2 Å². The largest absolute Gasteiger partial charge is 0.457 e. The van der Waals surface area contributed by atoms with Crippen molar-refractivity contribution in [2.24, 2.45) is 0 Å². The average Bonchev–Trinajstić information content (AvgIpc) is 3.01. The molecule has 11 nitrogen and oxygen atoms in total. The van der Waals surface area contributed by atoms with Gasteiger partial charge in [0.15, 0.2) is 0 Å². The molecule has 11 heteroatoms. The van der Waals surface area contributed by atoms with Crippen LogP contribution in [0, 0.1) is 6.92 Å². The molecule has 0 aliphatic rings. The summed E-state index contributed by atoms with van der Waals surface area (Å²) >= 11 is 0. The summed E-state index contributed by atoms with van der Waals surface area (Å²) in [7, 11) is 0. The second-order valence-corrected chi connectivity index (χ2v) is 8.65. The summed E-state index contributed by atoms with van der Waals surface area (Å²) in [6, 6.07) is 18.8. The van der Waals surface area contributed by atoms with E-state index in [1.54, 1.807) is 43.3 Å². The first-order valence-electron chi connectivity index (χ1n) is 12.7. The van der Waals surface area contributed by atoms with Crippen molar-refractivity contribution >= 4 is 34.8 Å². The van der Waals surface area contributed by atoms with E-state index in [2.05, 4.69) is 18.1 Å². The molecule has 0 saturated carbocycles. The van der Waals surface area contributed by atoms with E-state index in [0.717, 1.165) is 12.2 Å². The minimum absolute atomic E-state index is 0.125. The smallest absolute Gasteiger partial charge is 0.344 e. The highest BCUT2D eigenvalue weighted by Crippen LogP contribution is 2.27. The number of hydrogen-bond acceptors (Lipinski definition) is 11. The van der Waals surface area contributed by atoms with Gasteiger partial charge in [-0.1, -0.05) is 13.2 Å². The Morgan fingerprint density at radius 3 is 1.67 bits per heavy atom. The molecule has 3 aromatic carbocycles. The standard InChI is InChI=1S/C32H25NO10/c1-4-28(34)40-18-38-24-10-6-21(7-11-24)31(36)42-26-14-15-27-23(17-26)16-20(3)30(33-27)43-32(37)22-8-12-25(13-9-22)39-19-41-29(35)5-2/h4-17H,1-2,18-19H2,3H3. The van der Waals surface area contributed by atoms with Gasteiger partial charge in [-0.15, -0.1) is 0 Å². The molecule has 4 aromatic rings. The fourth-order valence-corrected chi connectivity index (χ4v) is 3.53. The number of pyridine rings is 1. The normalized spacial score (nSPS) is 10.3. The molecule has 43 heavy (non-hydrogen) atoms. The number of aromatic nitrogens is 1. The molecule has 0 bridgehead atoms. The van der Waals surface area contributed by atoms with E-state index >= 15 is 0 Å². The number of rotatable bonds is 12. The van der Waals surface area contributed by atoms with Gasteiger partial charge in [0.25, 0.3) is 0 Å². The van der Waals surface area contributed by atoms with Crippen molar-refractivity contribution in [2.45, 2.75) is 6.92 Å². The molecule has 0 saturated heterocycles. The summed E-state index contributed by atoms with van der Waals surface area (Å²) in [6.45, 7) is 7.73. The van der Waals surface area contributed by atoms with Crippen molar-refractivity contribution in [1.29, 1.82) is 0 Å². The van der Waals surface area contributed by atoms with E-state index in [4.69, 9.17) is 28.4 Å². The van der Waals surface area contributed by atoms with Crippen LogP contribution in [-0.4, -0.2) is 42.4 Å². The number of benzene rings is 3. The first-order chi connectivity index (χ1) is 20.7. The third kappa shape index (κ3) is 8.27. The predicted molar refractivity (Wildman–Crippen MR) is 153 cm³/mol. The van der Waals surface area contributed by atoms with Gasteiger partial charge in [-0.3, -0.25) is 0 Å². The Balaban J connectivity index is 1.36. The molecule has 0 aliphatic heterocycles. The van der Waals surface area contributed by atoms with E-state index in [0.29, 0.717) is 33.7 Å². The maximum Gasteiger partial charge on any atom is 0.344 e. The molecule has 0 aliphatic carbocycles. The van der Waals surface area contributed by atoms with Crippen LogP contribution in [0.15, 0.2) is 98.1 Å². The van der Waals surface area contributed by atoms with Gasteiger partial charge < -0.3 is 28.4 Å². The predicted octanol–water partition coefficient (Wildman–Crippen LogP) is 5.11. The Morgan fingerprint density at radius 1 is 0.674 bits per heavy atom. The van der Waals surface area contributed by atoms with Crippen LogP contribution >= 0.6 is 0 Å². The summed E-state index contributed by atoms with van der Waals surface area (Å²) in [5.74, 6) is -1.24. The number of carbonyl (C=O) groups is 4. The molecule has 4 rings (SSSR count). The third-order valence-corrected chi connectivity index (χ3v) is 5.70. The van der Waals surface area contributed by atoms with Crippen molar-refractivity contribution < 1.29 is 47.6 Å². The molecule has 0 fully saturated rings. The molecule has 0 radical (unpaired) electrons. The molecule has 0 N–H and O–H groups in total. The van der Waals surface area contributed by atoms with Crippen LogP contribution in [0.3, 0.4) is 0 Å². The molecule has 1 heterocycles. The summed E-state index contributed by atoms with van der Waals surface area (Å²) in [6.07, 6.45) is 2.05. The topological polar surface area (TPSA) is 137 Å². The zero-order chi connectivity index (χ0) is 30.8. The van der Waals surface area contributed by atoms with Gasteiger partial charge in [0.2, 0.25) is 19.5 Å². The van der Waals surface area contributed by atoms with Gasteiger partial charge in [0.05, 0.1) is 16.6 Å². The van der Waals surface area contributed by atoms with Crippen molar-refractivity contribution in [2.75, 3.05) is 13.6 Å². The Kier molecular flexibility index (Phi) is 9.83. The van der Waals surface area contributed by atoms with E-state index < -0.39 is 23.9 Å². The van der Waals surface area contributed by atoms with E-state index in [1.165, 1.54) is 36.4 Å². The fourth-order valence-electron chi connectivity index (χ4n) is 3.53. The van der Waals surface area contributed by atoms with Gasteiger partial charge in [0, 0.05) is 23.1 Å². The van der Waals surface area contributed by atoms with Crippen molar-refractivity contribution in [3.05, 3.63) is 115 Å². The minimum atomic E-state index is -0.626. The zero-order valence-electron chi connectivity index (χ0n) is 22.9. The monoisotopic (exact) mass is 583 g/mol. The minimum Gasteiger partial charge on any atom is -0.457 e. The molecule has 0 amide bonds. The number of aryl methyl sites for hydroxylation is 1. The first-order valence-corrected chi connectivity index (χ1v) is 12.7.